The van der Waals surface area contributed by atoms with Crippen LogP contribution in [0.5, 0.6) is 0 Å². The van der Waals surface area contributed by atoms with Crippen LogP contribution in [-0.2, 0) is 0 Å². The minimum Gasteiger partial charge on any atom is -0.266 e. The van der Waals surface area contributed by atoms with Crippen LogP contribution in [0.2, 0.25) is 0 Å². The Morgan fingerprint density at radius 1 is 1.31 bits per heavy atom. The number of aliphatic imine (C=N–C) groups is 1. The molecule has 0 aliphatic rings. The van der Waals surface area contributed by atoms with Gasteiger partial charge < -0.3 is 0 Å². The van der Waals surface area contributed by atoms with Gasteiger partial charge in [-0.2, -0.15) is 0 Å². The molecule has 0 aliphatic heterocycles. The number of thioether (sulfide) groups is 1. The van der Waals surface area contributed by atoms with Crippen molar-refractivity contribution in [3.05, 3.63) is 48.2 Å². The van der Waals surface area contributed by atoms with Gasteiger partial charge >= 0.3 is 0 Å². The van der Waals surface area contributed by atoms with Crippen molar-refractivity contribution in [1.82, 2.24) is 0 Å². The lowest BCUT2D eigenvalue weighted by Crippen LogP contribution is -1.85. The average molecular weight is 231 g/mol. The predicted octanol–water partition coefficient (Wildman–Crippen LogP) is 4.42. The van der Waals surface area contributed by atoms with Crippen LogP contribution in [0.15, 0.2) is 52.5 Å². The van der Waals surface area contributed by atoms with Gasteiger partial charge in [-0.15, -0.1) is 11.8 Å². The second kappa shape index (κ2) is 6.33. The van der Waals surface area contributed by atoms with Crippen molar-refractivity contribution in [2.24, 2.45) is 4.99 Å². The van der Waals surface area contributed by atoms with Crippen molar-refractivity contribution in [2.75, 3.05) is 6.26 Å². The van der Waals surface area contributed by atoms with Crippen LogP contribution >= 0.6 is 11.8 Å². The van der Waals surface area contributed by atoms with Gasteiger partial charge in [-0.25, -0.2) is 0 Å². The Hall–Kier alpha value is -1.28. The number of rotatable bonds is 4. The third-order valence-corrected chi connectivity index (χ3v) is 3.06. The quantitative estimate of drug-likeness (QED) is 0.424. The van der Waals surface area contributed by atoms with E-state index in [1.54, 1.807) is 18.0 Å². The number of benzene rings is 1. The highest BCUT2D eigenvalue weighted by atomic mass is 32.2. The molecule has 0 saturated heterocycles. The van der Waals surface area contributed by atoms with Gasteiger partial charge in [0.1, 0.15) is 0 Å². The van der Waals surface area contributed by atoms with Gasteiger partial charge in [0.15, 0.2) is 0 Å². The first-order valence-electron chi connectivity index (χ1n) is 5.19. The van der Waals surface area contributed by atoms with E-state index in [4.69, 9.17) is 0 Å². The highest BCUT2D eigenvalue weighted by molar-refractivity contribution is 7.98. The Labute approximate surface area is 102 Å². The summed E-state index contributed by atoms with van der Waals surface area (Å²) in [5.74, 6) is 0. The van der Waals surface area contributed by atoms with Crippen LogP contribution in [0, 0.1) is 0 Å². The van der Waals surface area contributed by atoms with Crippen molar-refractivity contribution in [1.29, 1.82) is 0 Å². The van der Waals surface area contributed by atoms with Crippen molar-refractivity contribution in [3.8, 4) is 0 Å². The van der Waals surface area contributed by atoms with Gasteiger partial charge in [0, 0.05) is 22.4 Å². The van der Waals surface area contributed by atoms with Gasteiger partial charge in [0.25, 0.3) is 0 Å². The fourth-order valence-electron chi connectivity index (χ4n) is 1.51. The first kappa shape index (κ1) is 12.8. The van der Waals surface area contributed by atoms with E-state index in [1.165, 1.54) is 4.90 Å². The number of hydrogen-bond acceptors (Lipinski definition) is 2. The first-order chi connectivity index (χ1) is 7.72. The lowest BCUT2D eigenvalue weighted by molar-refractivity contribution is 1.31. The summed E-state index contributed by atoms with van der Waals surface area (Å²) in [4.78, 5) is 5.56. The molecule has 0 unspecified atom stereocenters. The largest absolute Gasteiger partial charge is 0.266 e. The number of allylic oxidation sites excluding steroid dienone is 3. The van der Waals surface area contributed by atoms with Crippen LogP contribution in [0.3, 0.4) is 0 Å². The summed E-state index contributed by atoms with van der Waals surface area (Å²) >= 11 is 1.74. The lowest BCUT2D eigenvalue weighted by Gasteiger charge is -2.05. The van der Waals surface area contributed by atoms with Gasteiger partial charge in [0.05, 0.1) is 0 Å². The van der Waals surface area contributed by atoms with Gasteiger partial charge in [-0.3, -0.25) is 4.99 Å². The first-order valence-corrected chi connectivity index (χ1v) is 6.41. The summed E-state index contributed by atoms with van der Waals surface area (Å²) in [6.45, 7) is 7.76. The summed E-state index contributed by atoms with van der Waals surface area (Å²) in [6.07, 6.45) is 5.73. The Balaban J connectivity index is 3.14. The molecule has 0 radical (unpaired) electrons. The second-order valence-corrected chi connectivity index (χ2v) is 4.20. The van der Waals surface area contributed by atoms with E-state index in [0.717, 1.165) is 16.8 Å². The normalized spacial score (nSPS) is 12.7. The number of nitrogens with zero attached hydrogens (tertiary/aromatic N) is 1. The topological polar surface area (TPSA) is 12.4 Å². The molecule has 0 heterocycles. The van der Waals surface area contributed by atoms with Crippen molar-refractivity contribution in [2.45, 2.75) is 18.7 Å². The van der Waals surface area contributed by atoms with E-state index in [9.17, 15) is 0 Å². The van der Waals surface area contributed by atoms with Crippen LogP contribution in [0.25, 0.3) is 5.57 Å². The molecule has 0 amide bonds. The summed E-state index contributed by atoms with van der Waals surface area (Å²) in [5, 5.41) is 0. The molecule has 0 bridgehead atoms. The third-order valence-electron chi connectivity index (χ3n) is 2.32. The van der Waals surface area contributed by atoms with E-state index >= 15 is 0 Å². The fraction of sp³-hybridized carbons (Fsp3) is 0.214. The maximum atomic E-state index is 4.29. The summed E-state index contributed by atoms with van der Waals surface area (Å²) in [5.41, 5.74) is 3.25. The van der Waals surface area contributed by atoms with E-state index in [0.29, 0.717) is 0 Å². The molecular weight excluding hydrogens is 214 g/mol. The molecule has 0 N–H and O–H groups in total. The predicted molar refractivity (Wildman–Crippen MR) is 75.2 cm³/mol. The molecule has 16 heavy (non-hydrogen) atoms. The minimum atomic E-state index is 0.995. The lowest BCUT2D eigenvalue weighted by atomic mass is 10.0. The standard InChI is InChI=1S/C14H17NS/c1-5-14(11(3)15-6-2)12-7-9-13(16-4)10-8-12/h5-10H,1H2,2-4H3/b14-11+,15-6?. The molecule has 0 spiro atoms. The van der Waals surface area contributed by atoms with E-state index in [2.05, 4.69) is 42.1 Å². The van der Waals surface area contributed by atoms with Gasteiger partial charge in [0.2, 0.25) is 0 Å². The zero-order valence-electron chi connectivity index (χ0n) is 10.0. The third kappa shape index (κ3) is 3.11. The average Bonchev–Trinajstić information content (AvgIpc) is 2.31. The number of hydrogen-bond donors (Lipinski definition) is 0. The molecule has 1 aromatic rings. The molecule has 1 rings (SSSR count). The van der Waals surface area contributed by atoms with E-state index in [1.807, 2.05) is 19.9 Å². The van der Waals surface area contributed by atoms with E-state index < -0.39 is 0 Å². The molecule has 1 aromatic carbocycles. The maximum Gasteiger partial charge on any atom is 0.0446 e. The Bertz CT molecular complexity index is 413. The fourth-order valence-corrected chi connectivity index (χ4v) is 1.92. The van der Waals surface area contributed by atoms with Gasteiger partial charge in [-0.1, -0.05) is 24.8 Å². The molecule has 0 atom stereocenters. The smallest absolute Gasteiger partial charge is 0.0446 e. The Morgan fingerprint density at radius 3 is 2.38 bits per heavy atom. The van der Waals surface area contributed by atoms with Crippen LogP contribution in [-0.4, -0.2) is 12.5 Å². The summed E-state index contributed by atoms with van der Waals surface area (Å²) in [6, 6.07) is 8.45. The van der Waals surface area contributed by atoms with Crippen LogP contribution < -0.4 is 0 Å². The molecule has 84 valence electrons. The van der Waals surface area contributed by atoms with Crippen LogP contribution in [0.4, 0.5) is 0 Å². The van der Waals surface area contributed by atoms with Crippen molar-refractivity contribution in [3.63, 3.8) is 0 Å². The zero-order chi connectivity index (χ0) is 12.0. The summed E-state index contributed by atoms with van der Waals surface area (Å²) in [7, 11) is 0. The highest BCUT2D eigenvalue weighted by Gasteiger charge is 2.01. The molecule has 2 heteroatoms. The Kier molecular flexibility index (Phi) is 5.06. The van der Waals surface area contributed by atoms with Crippen molar-refractivity contribution >= 4 is 23.5 Å². The monoisotopic (exact) mass is 231 g/mol. The van der Waals surface area contributed by atoms with Gasteiger partial charge in [-0.05, 0) is 37.8 Å². The molecule has 0 aromatic heterocycles. The second-order valence-electron chi connectivity index (χ2n) is 3.32. The molecule has 0 saturated carbocycles. The van der Waals surface area contributed by atoms with E-state index in [-0.39, 0.29) is 0 Å². The Morgan fingerprint density at radius 2 is 1.94 bits per heavy atom. The van der Waals surface area contributed by atoms with Crippen molar-refractivity contribution < 1.29 is 0 Å². The highest BCUT2D eigenvalue weighted by Crippen LogP contribution is 2.23. The molecular formula is C14H17NS. The molecule has 0 fully saturated rings. The molecule has 0 aliphatic carbocycles. The van der Waals surface area contributed by atoms with Crippen LogP contribution in [0.1, 0.15) is 19.4 Å². The summed E-state index contributed by atoms with van der Waals surface area (Å²) < 4.78 is 0. The SMILES string of the molecule is C=C/C(=C(/C)N=CC)c1ccc(SC)cc1. The minimum absolute atomic E-state index is 0.995. The maximum absolute atomic E-state index is 4.29. The molecule has 1 nitrogen and oxygen atoms in total. The zero-order valence-corrected chi connectivity index (χ0v) is 10.8.